The van der Waals surface area contributed by atoms with Gasteiger partial charge in [-0.05, 0) is 61.4 Å². The maximum Gasteiger partial charge on any atom is 0.416 e. The van der Waals surface area contributed by atoms with Gasteiger partial charge in [-0.2, -0.15) is 13.2 Å². The minimum Gasteiger partial charge on any atom is -0.354 e. The molecule has 0 heterocycles. The van der Waals surface area contributed by atoms with Crippen LogP contribution in [0.15, 0.2) is 77.7 Å². The average molecular weight is 645 g/mol. The molecular weight excluding hydrogens is 614 g/mol. The molecule has 0 spiro atoms. The van der Waals surface area contributed by atoms with Crippen molar-refractivity contribution in [3.63, 3.8) is 0 Å². The summed E-state index contributed by atoms with van der Waals surface area (Å²) in [6, 6.07) is 14.6. The molecule has 0 aliphatic carbocycles. The molecule has 0 aromatic heterocycles. The SMILES string of the molecule is CCCCNC(=O)[C@@H](C)N(Cc1ccc(Cl)cc1)C(=O)CN(c1cc(C(F)(F)F)ccc1Cl)S(=O)(=O)c1ccccc1. The van der Waals surface area contributed by atoms with Gasteiger partial charge in [0.05, 0.1) is 21.2 Å². The van der Waals surface area contributed by atoms with Crippen molar-refractivity contribution in [3.05, 3.63) is 94.0 Å². The Morgan fingerprint density at radius 1 is 0.976 bits per heavy atom. The van der Waals surface area contributed by atoms with Gasteiger partial charge < -0.3 is 10.2 Å². The minimum absolute atomic E-state index is 0.103. The molecule has 0 bridgehead atoms. The summed E-state index contributed by atoms with van der Waals surface area (Å²) in [6.45, 7) is 2.78. The number of carbonyl (C=O) groups excluding carboxylic acids is 2. The first-order valence-electron chi connectivity index (χ1n) is 13.0. The summed E-state index contributed by atoms with van der Waals surface area (Å²) >= 11 is 12.2. The van der Waals surface area contributed by atoms with E-state index in [0.29, 0.717) is 33.9 Å². The molecule has 0 radical (unpaired) electrons. The van der Waals surface area contributed by atoms with Crippen LogP contribution in [0.4, 0.5) is 18.9 Å². The van der Waals surface area contributed by atoms with E-state index in [1.807, 2.05) is 6.92 Å². The molecule has 0 saturated carbocycles. The monoisotopic (exact) mass is 643 g/mol. The van der Waals surface area contributed by atoms with Gasteiger partial charge in [0.1, 0.15) is 12.6 Å². The highest BCUT2D eigenvalue weighted by Gasteiger charge is 2.36. The Hall–Kier alpha value is -3.28. The van der Waals surface area contributed by atoms with Gasteiger partial charge >= 0.3 is 6.18 Å². The summed E-state index contributed by atoms with van der Waals surface area (Å²) in [5.41, 5.74) is -1.09. The number of hydrogen-bond donors (Lipinski definition) is 1. The lowest BCUT2D eigenvalue weighted by Crippen LogP contribution is -2.51. The number of rotatable bonds is 12. The van der Waals surface area contributed by atoms with Crippen LogP contribution < -0.4 is 9.62 Å². The Labute approximate surface area is 253 Å². The van der Waals surface area contributed by atoms with Gasteiger partial charge in [-0.1, -0.05) is 66.9 Å². The lowest BCUT2D eigenvalue weighted by atomic mass is 10.1. The van der Waals surface area contributed by atoms with Crippen LogP contribution in [0.2, 0.25) is 10.0 Å². The number of anilines is 1. The molecule has 3 rings (SSSR count). The topological polar surface area (TPSA) is 86.8 Å². The van der Waals surface area contributed by atoms with Gasteiger partial charge in [0.25, 0.3) is 10.0 Å². The molecule has 0 saturated heterocycles. The normalized spacial score (nSPS) is 12.5. The van der Waals surface area contributed by atoms with Crippen molar-refractivity contribution in [1.29, 1.82) is 0 Å². The van der Waals surface area contributed by atoms with Gasteiger partial charge in [-0.25, -0.2) is 8.42 Å². The van der Waals surface area contributed by atoms with Crippen LogP contribution in [-0.2, 0) is 32.3 Å². The number of amides is 2. The van der Waals surface area contributed by atoms with E-state index in [4.69, 9.17) is 23.2 Å². The minimum atomic E-state index is -4.81. The third-order valence-corrected chi connectivity index (χ3v) is 8.76. The summed E-state index contributed by atoms with van der Waals surface area (Å²) in [5.74, 6) is -1.31. The summed E-state index contributed by atoms with van der Waals surface area (Å²) < 4.78 is 69.0. The van der Waals surface area contributed by atoms with Crippen molar-refractivity contribution in [2.24, 2.45) is 0 Å². The van der Waals surface area contributed by atoms with Crippen LogP contribution in [0.5, 0.6) is 0 Å². The predicted molar refractivity (Wildman–Crippen MR) is 157 cm³/mol. The highest BCUT2D eigenvalue weighted by molar-refractivity contribution is 7.92. The predicted octanol–water partition coefficient (Wildman–Crippen LogP) is 6.54. The van der Waals surface area contributed by atoms with E-state index in [1.165, 1.54) is 36.1 Å². The summed E-state index contributed by atoms with van der Waals surface area (Å²) in [4.78, 5) is 27.8. The van der Waals surface area contributed by atoms with Gasteiger partial charge in [-0.3, -0.25) is 13.9 Å². The van der Waals surface area contributed by atoms with E-state index in [1.54, 1.807) is 30.3 Å². The Balaban J connectivity index is 2.09. The Kier molecular flexibility index (Phi) is 11.3. The first-order valence-corrected chi connectivity index (χ1v) is 15.2. The highest BCUT2D eigenvalue weighted by atomic mass is 35.5. The lowest BCUT2D eigenvalue weighted by molar-refractivity contribution is -0.139. The standard InChI is InChI=1S/C29H30Cl2F3N3O4S/c1-3-4-16-35-28(39)20(2)36(18-21-10-13-23(30)14-11-21)27(38)19-37(42(40,41)24-8-6-5-7-9-24)26-17-22(29(32,33)34)12-15-25(26)31/h5-15,17,20H,3-4,16,18-19H2,1-2H3,(H,35,39)/t20-/m1/s1. The van der Waals surface area contributed by atoms with Gasteiger partial charge in [-0.15, -0.1) is 0 Å². The number of halogens is 5. The van der Waals surface area contributed by atoms with Crippen LogP contribution in [-0.4, -0.2) is 44.3 Å². The van der Waals surface area contributed by atoms with Gasteiger partial charge in [0, 0.05) is 18.1 Å². The fraction of sp³-hybridized carbons (Fsp3) is 0.310. The van der Waals surface area contributed by atoms with Crippen LogP contribution in [0, 0.1) is 0 Å². The fourth-order valence-corrected chi connectivity index (χ4v) is 5.86. The van der Waals surface area contributed by atoms with Crippen LogP contribution in [0.1, 0.15) is 37.8 Å². The number of sulfonamides is 1. The maximum atomic E-state index is 13.9. The van der Waals surface area contributed by atoms with E-state index >= 15 is 0 Å². The smallest absolute Gasteiger partial charge is 0.354 e. The maximum absolute atomic E-state index is 13.9. The van der Waals surface area contributed by atoms with E-state index in [-0.39, 0.29) is 16.5 Å². The molecule has 42 heavy (non-hydrogen) atoms. The highest BCUT2D eigenvalue weighted by Crippen LogP contribution is 2.37. The molecule has 1 atom stereocenters. The first kappa shape index (κ1) is 33.2. The van der Waals surface area contributed by atoms with Crippen LogP contribution in [0.3, 0.4) is 0 Å². The zero-order chi connectivity index (χ0) is 31.1. The Bertz CT molecular complexity index is 1490. The number of carbonyl (C=O) groups is 2. The summed E-state index contributed by atoms with van der Waals surface area (Å²) in [6.07, 6.45) is -3.27. The fourth-order valence-electron chi connectivity index (χ4n) is 4.02. The number of alkyl halides is 3. The first-order chi connectivity index (χ1) is 19.8. The number of hydrogen-bond acceptors (Lipinski definition) is 4. The summed E-state index contributed by atoms with van der Waals surface area (Å²) in [7, 11) is -4.59. The van der Waals surface area contributed by atoms with Gasteiger partial charge in [0.2, 0.25) is 11.8 Å². The second-order valence-corrected chi connectivity index (χ2v) is 12.2. The second kappa shape index (κ2) is 14.3. The van der Waals surface area contributed by atoms with Gasteiger partial charge in [0.15, 0.2) is 0 Å². The van der Waals surface area contributed by atoms with Crippen molar-refractivity contribution in [2.75, 3.05) is 17.4 Å². The van der Waals surface area contributed by atoms with E-state index in [2.05, 4.69) is 5.32 Å². The molecular formula is C29H30Cl2F3N3O4S. The van der Waals surface area contributed by atoms with Crippen molar-refractivity contribution in [2.45, 2.75) is 50.3 Å². The van der Waals surface area contributed by atoms with Crippen molar-refractivity contribution in [3.8, 4) is 0 Å². The number of benzene rings is 3. The molecule has 0 aliphatic rings. The molecule has 7 nitrogen and oxygen atoms in total. The van der Waals surface area contributed by atoms with Crippen molar-refractivity contribution >= 4 is 50.7 Å². The second-order valence-electron chi connectivity index (χ2n) is 9.46. The third kappa shape index (κ3) is 8.39. The molecule has 3 aromatic rings. The molecule has 1 N–H and O–H groups in total. The molecule has 13 heteroatoms. The quantitative estimate of drug-likeness (QED) is 0.227. The Morgan fingerprint density at radius 2 is 1.62 bits per heavy atom. The zero-order valence-electron chi connectivity index (χ0n) is 22.9. The molecule has 0 fully saturated rings. The largest absolute Gasteiger partial charge is 0.416 e. The lowest BCUT2D eigenvalue weighted by Gasteiger charge is -2.32. The third-order valence-electron chi connectivity index (χ3n) is 6.42. The van der Waals surface area contributed by atoms with Crippen molar-refractivity contribution < 1.29 is 31.2 Å². The Morgan fingerprint density at radius 3 is 2.21 bits per heavy atom. The van der Waals surface area contributed by atoms with Crippen molar-refractivity contribution in [1.82, 2.24) is 10.2 Å². The zero-order valence-corrected chi connectivity index (χ0v) is 25.2. The average Bonchev–Trinajstić information content (AvgIpc) is 2.95. The summed E-state index contributed by atoms with van der Waals surface area (Å²) in [5, 5.41) is 2.89. The molecule has 226 valence electrons. The number of nitrogens with one attached hydrogen (secondary N) is 1. The molecule has 0 aliphatic heterocycles. The molecule has 3 aromatic carbocycles. The van der Waals surface area contributed by atoms with Crippen LogP contribution in [0.25, 0.3) is 0 Å². The van der Waals surface area contributed by atoms with E-state index < -0.39 is 51.9 Å². The molecule has 2 amide bonds. The number of unbranched alkanes of at least 4 members (excludes halogenated alkanes) is 1. The van der Waals surface area contributed by atoms with E-state index in [9.17, 15) is 31.2 Å². The van der Waals surface area contributed by atoms with E-state index in [0.717, 1.165) is 18.6 Å². The molecule has 0 unspecified atom stereocenters. The van der Waals surface area contributed by atoms with Crippen LogP contribution >= 0.6 is 23.2 Å². The number of nitrogens with zero attached hydrogens (tertiary/aromatic N) is 2.